The third kappa shape index (κ3) is 1.65. The predicted molar refractivity (Wildman–Crippen MR) is 70.1 cm³/mol. The first-order valence-corrected chi connectivity index (χ1v) is 4.70. The summed E-state index contributed by atoms with van der Waals surface area (Å²) < 4.78 is 76.9. The minimum Gasteiger partial charge on any atom is -0.537 e. The smallest absolute Gasteiger partial charge is 0.537 e. The van der Waals surface area contributed by atoms with Crippen LogP contribution in [0.5, 0.6) is 5.75 Å². The van der Waals surface area contributed by atoms with E-state index in [4.69, 9.17) is 22.0 Å². The Morgan fingerprint density at radius 3 is 2.00 bits per heavy atom. The van der Waals surface area contributed by atoms with E-state index < -0.39 is 54.4 Å². The molecule has 0 bridgehead atoms. The fourth-order valence-electron chi connectivity index (χ4n) is 1.57. The quantitative estimate of drug-likeness (QED) is 0.541. The average Bonchev–Trinajstić information content (AvgIpc) is 2.61. The number of hydrogen-bond acceptors (Lipinski definition) is 2. The van der Waals surface area contributed by atoms with Crippen LogP contribution in [0, 0.1) is 0 Å². The highest BCUT2D eigenvalue weighted by molar-refractivity contribution is 6.20. The number of benzene rings is 3. The van der Waals surface area contributed by atoms with Crippen molar-refractivity contribution >= 4 is 29.2 Å². The van der Waals surface area contributed by atoms with Crippen LogP contribution in [-0.4, -0.2) is 12.7 Å². The minimum absolute atomic E-state index is 0.246. The van der Waals surface area contributed by atoms with E-state index in [1.807, 2.05) is 0 Å². The highest BCUT2D eigenvalue weighted by Crippen LogP contribution is 2.34. The molecule has 3 rings (SSSR count). The van der Waals surface area contributed by atoms with Gasteiger partial charge in [0.05, 0.1) is 12.3 Å². The Labute approximate surface area is 112 Å². The van der Waals surface area contributed by atoms with Gasteiger partial charge in [0.25, 0.3) is 0 Å². The summed E-state index contributed by atoms with van der Waals surface area (Å²) in [7, 11) is 0.250. The van der Waals surface area contributed by atoms with Crippen LogP contribution in [0.25, 0.3) is 21.5 Å². The lowest BCUT2D eigenvalue weighted by Crippen LogP contribution is -2.01. The molecule has 0 aromatic heterocycles. The van der Waals surface area contributed by atoms with Crippen LogP contribution in [0.15, 0.2) is 54.4 Å². The highest BCUT2D eigenvalue weighted by atomic mass is 16.5. The summed E-state index contributed by atoms with van der Waals surface area (Å²) in [6.07, 6.45) is 0. The number of hydrogen-bond donors (Lipinski definition) is 1. The van der Waals surface area contributed by atoms with Gasteiger partial charge in [0.15, 0.2) is 0 Å². The first-order chi connectivity index (χ1) is 12.1. The molecule has 0 amide bonds. The fraction of sp³-hybridized carbons (Fsp3) is 0. The second kappa shape index (κ2) is 4.11. The maximum absolute atomic E-state index is 9.10. The van der Waals surface area contributed by atoms with Gasteiger partial charge < -0.3 is 9.68 Å². The Hall–Kier alpha value is -2.00. The van der Waals surface area contributed by atoms with Gasteiger partial charge in [-0.25, -0.2) is 0 Å². The van der Waals surface area contributed by atoms with E-state index in [9.17, 15) is 0 Å². The highest BCUT2D eigenvalue weighted by Gasteiger charge is 2.08. The molecule has 0 saturated heterocycles. The Bertz CT molecular complexity index is 1020. The van der Waals surface area contributed by atoms with E-state index in [0.717, 1.165) is 0 Å². The van der Waals surface area contributed by atoms with Crippen LogP contribution < -0.4 is 4.65 Å². The van der Waals surface area contributed by atoms with E-state index in [1.165, 1.54) is 0 Å². The van der Waals surface area contributed by atoms with Gasteiger partial charge in [0.1, 0.15) is 5.75 Å². The molecule has 0 spiro atoms. The monoisotopic (exact) mass is 230 g/mol. The van der Waals surface area contributed by atoms with E-state index in [2.05, 4.69) is 0 Å². The van der Waals surface area contributed by atoms with Crippen molar-refractivity contribution < 1.29 is 22.0 Å². The second-order valence-electron chi connectivity index (χ2n) is 3.18. The SMILES string of the molecule is [2H]c1c([2H])c([2H])c2c(O[B]O)c3c([2H])c([2H])c([2H])c([2H])c3c([2H])c2c1[2H]. The van der Waals surface area contributed by atoms with Crippen molar-refractivity contribution in [3.63, 3.8) is 0 Å². The van der Waals surface area contributed by atoms with Gasteiger partial charge >= 0.3 is 7.69 Å². The lowest BCUT2D eigenvalue weighted by atomic mass is 10.0. The molecule has 0 fully saturated rings. The van der Waals surface area contributed by atoms with E-state index in [1.54, 1.807) is 0 Å². The first-order valence-electron chi connectivity index (χ1n) is 9.20. The summed E-state index contributed by atoms with van der Waals surface area (Å²) in [6, 6.07) is -4.99. The molecule has 0 unspecified atom stereocenters. The predicted octanol–water partition coefficient (Wildman–Crippen LogP) is 2.90. The Balaban J connectivity index is 2.81. The van der Waals surface area contributed by atoms with Crippen molar-refractivity contribution in [2.45, 2.75) is 0 Å². The van der Waals surface area contributed by atoms with Crippen LogP contribution in [0.1, 0.15) is 12.3 Å². The molecule has 0 heterocycles. The van der Waals surface area contributed by atoms with Crippen molar-refractivity contribution in [3.05, 3.63) is 54.4 Å². The molecule has 0 aliphatic rings. The maximum Gasteiger partial charge on any atom is 0.569 e. The normalized spacial score (nSPS) is 18.1. The van der Waals surface area contributed by atoms with Crippen LogP contribution >= 0.6 is 0 Å². The van der Waals surface area contributed by atoms with E-state index in [-0.39, 0.29) is 35.0 Å². The second-order valence-corrected chi connectivity index (χ2v) is 3.18. The van der Waals surface area contributed by atoms with Gasteiger partial charge in [-0.2, -0.15) is 0 Å². The van der Waals surface area contributed by atoms with Gasteiger partial charge in [-0.1, -0.05) is 48.3 Å². The first kappa shape index (κ1) is 4.35. The summed E-state index contributed by atoms with van der Waals surface area (Å²) in [6.45, 7) is 0. The Kier molecular flexibility index (Phi) is 1.05. The topological polar surface area (TPSA) is 29.5 Å². The largest absolute Gasteiger partial charge is 0.569 e. The van der Waals surface area contributed by atoms with Crippen LogP contribution in [0.3, 0.4) is 0 Å². The molecule has 3 aromatic carbocycles. The molecule has 0 aliphatic carbocycles. The maximum atomic E-state index is 9.10. The Morgan fingerprint density at radius 1 is 0.941 bits per heavy atom. The Morgan fingerprint density at radius 2 is 1.47 bits per heavy atom. The lowest BCUT2D eigenvalue weighted by molar-refractivity contribution is 0.459. The van der Waals surface area contributed by atoms with Crippen LogP contribution in [0.2, 0.25) is 0 Å². The molecule has 0 aliphatic heterocycles. The van der Waals surface area contributed by atoms with Gasteiger partial charge in [0.2, 0.25) is 0 Å². The molecule has 0 saturated carbocycles. The molecule has 2 nitrogen and oxygen atoms in total. The zero-order valence-corrected chi connectivity index (χ0v) is 8.43. The minimum atomic E-state index is -0.593. The lowest BCUT2D eigenvalue weighted by Gasteiger charge is -2.10. The van der Waals surface area contributed by atoms with Crippen LogP contribution in [0.4, 0.5) is 0 Å². The standard InChI is InChI=1S/C14H10BO2/c16-15-17-14-12-7-3-1-5-10(12)9-11-6-2-4-8-13(11)14/h1-9,16H/i1D,2D,3D,4D,5D,6D,7D,8D,9D. The number of fused-ring (bicyclic) bond motifs is 2. The summed E-state index contributed by atoms with van der Waals surface area (Å²) in [5.74, 6) is -0.368. The zero-order chi connectivity index (χ0) is 19.5. The molecule has 1 N–H and O–H groups in total. The van der Waals surface area contributed by atoms with E-state index in [0.29, 0.717) is 0 Å². The van der Waals surface area contributed by atoms with Gasteiger partial charge in [-0.15, -0.1) is 0 Å². The third-order valence-corrected chi connectivity index (χ3v) is 2.25. The summed E-state index contributed by atoms with van der Waals surface area (Å²) in [5.41, 5.74) is 0. The summed E-state index contributed by atoms with van der Waals surface area (Å²) in [4.78, 5) is 0. The molecule has 0 atom stereocenters. The van der Waals surface area contributed by atoms with Gasteiger partial charge in [-0.05, 0) is 16.8 Å². The fourth-order valence-corrected chi connectivity index (χ4v) is 1.57. The van der Waals surface area contributed by atoms with Crippen LogP contribution in [-0.2, 0) is 0 Å². The third-order valence-electron chi connectivity index (χ3n) is 2.25. The molecule has 3 heteroatoms. The van der Waals surface area contributed by atoms with Gasteiger partial charge in [-0.3, -0.25) is 0 Å². The average molecular weight is 230 g/mol. The van der Waals surface area contributed by atoms with Crippen molar-refractivity contribution in [1.82, 2.24) is 0 Å². The molecule has 81 valence electrons. The zero-order valence-electron chi connectivity index (χ0n) is 17.4. The molecule has 3 aromatic rings. The van der Waals surface area contributed by atoms with E-state index >= 15 is 0 Å². The molecule has 1 radical (unpaired) electrons. The number of rotatable bonds is 2. The van der Waals surface area contributed by atoms with Crippen molar-refractivity contribution in [2.75, 3.05) is 0 Å². The molecular formula is C14H10BO2. The molecule has 17 heavy (non-hydrogen) atoms. The van der Waals surface area contributed by atoms with Crippen molar-refractivity contribution in [3.8, 4) is 5.75 Å². The van der Waals surface area contributed by atoms with Crippen molar-refractivity contribution in [2.24, 2.45) is 0 Å². The summed E-state index contributed by atoms with van der Waals surface area (Å²) >= 11 is 0. The van der Waals surface area contributed by atoms with Crippen molar-refractivity contribution in [1.29, 1.82) is 0 Å². The molecular weight excluding hydrogens is 211 g/mol. The summed E-state index contributed by atoms with van der Waals surface area (Å²) in [5, 5.41) is 8.09. The van der Waals surface area contributed by atoms with Gasteiger partial charge in [0, 0.05) is 10.8 Å².